The molecule has 5 nitrogen and oxygen atoms in total. The van der Waals surface area contributed by atoms with Gasteiger partial charge in [0, 0.05) is 25.1 Å². The van der Waals surface area contributed by atoms with E-state index in [0.29, 0.717) is 33.8 Å². The molecule has 7 heteroatoms. The van der Waals surface area contributed by atoms with Gasteiger partial charge >= 0.3 is 0 Å². The smallest absolute Gasteiger partial charge is 0.226 e. The van der Waals surface area contributed by atoms with Crippen LogP contribution in [0.2, 0.25) is 10.0 Å². The zero-order valence-electron chi connectivity index (χ0n) is 13.4. The van der Waals surface area contributed by atoms with Crippen LogP contribution in [0.3, 0.4) is 0 Å². The van der Waals surface area contributed by atoms with E-state index in [9.17, 15) is 4.79 Å². The molecular formula is C17H18Cl2N2O3. The van der Waals surface area contributed by atoms with Crippen LogP contribution < -0.4 is 20.1 Å². The maximum atomic E-state index is 12.1. The molecule has 0 aliphatic heterocycles. The number of halogens is 2. The Kier molecular flexibility index (Phi) is 6.58. The SMILES string of the molecule is COc1cc(NC(=O)CCNc2ccccc2Cl)c(OC)cc1Cl. The second kappa shape index (κ2) is 8.66. The molecule has 0 radical (unpaired) electrons. The topological polar surface area (TPSA) is 59.6 Å². The predicted octanol–water partition coefficient (Wildman–Crippen LogP) is 4.45. The number of anilines is 2. The summed E-state index contributed by atoms with van der Waals surface area (Å²) in [5.41, 5.74) is 1.29. The fourth-order valence-electron chi connectivity index (χ4n) is 2.09. The summed E-state index contributed by atoms with van der Waals surface area (Å²) in [6, 6.07) is 10.6. The number of ether oxygens (including phenoxy) is 2. The average Bonchev–Trinajstić information content (AvgIpc) is 2.57. The van der Waals surface area contributed by atoms with Crippen molar-refractivity contribution in [2.45, 2.75) is 6.42 Å². The Labute approximate surface area is 150 Å². The Morgan fingerprint density at radius 2 is 1.71 bits per heavy atom. The van der Waals surface area contributed by atoms with Gasteiger partial charge in [0.2, 0.25) is 5.91 Å². The highest BCUT2D eigenvalue weighted by Gasteiger charge is 2.12. The molecule has 0 atom stereocenters. The Morgan fingerprint density at radius 3 is 2.38 bits per heavy atom. The summed E-state index contributed by atoms with van der Waals surface area (Å²) in [5.74, 6) is 0.757. The van der Waals surface area contributed by atoms with Crippen molar-refractivity contribution in [2.75, 3.05) is 31.4 Å². The number of carbonyl (C=O) groups is 1. The van der Waals surface area contributed by atoms with Crippen molar-refractivity contribution in [3.63, 3.8) is 0 Å². The number of hydrogen-bond donors (Lipinski definition) is 2. The minimum absolute atomic E-state index is 0.169. The third kappa shape index (κ3) is 4.69. The summed E-state index contributed by atoms with van der Waals surface area (Å²) in [6.07, 6.45) is 0.263. The second-order valence-corrected chi connectivity index (χ2v) is 5.71. The monoisotopic (exact) mass is 368 g/mol. The van der Waals surface area contributed by atoms with E-state index >= 15 is 0 Å². The number of methoxy groups -OCH3 is 2. The molecule has 0 aromatic heterocycles. The van der Waals surface area contributed by atoms with Crippen LogP contribution in [0.5, 0.6) is 11.5 Å². The summed E-state index contributed by atoms with van der Waals surface area (Å²) in [4.78, 5) is 12.1. The van der Waals surface area contributed by atoms with Crippen LogP contribution in [0.25, 0.3) is 0 Å². The number of rotatable bonds is 7. The van der Waals surface area contributed by atoms with E-state index < -0.39 is 0 Å². The number of benzene rings is 2. The predicted molar refractivity (Wildman–Crippen MR) is 97.7 cm³/mol. The molecule has 24 heavy (non-hydrogen) atoms. The van der Waals surface area contributed by atoms with Crippen LogP contribution in [-0.2, 0) is 4.79 Å². The van der Waals surface area contributed by atoms with Crippen molar-refractivity contribution in [2.24, 2.45) is 0 Å². The fourth-order valence-corrected chi connectivity index (χ4v) is 2.52. The number of carbonyl (C=O) groups excluding carboxylic acids is 1. The van der Waals surface area contributed by atoms with Crippen molar-refractivity contribution in [1.82, 2.24) is 0 Å². The lowest BCUT2D eigenvalue weighted by atomic mass is 10.2. The maximum Gasteiger partial charge on any atom is 0.226 e. The highest BCUT2D eigenvalue weighted by molar-refractivity contribution is 6.33. The van der Waals surface area contributed by atoms with Crippen LogP contribution in [-0.4, -0.2) is 26.7 Å². The molecule has 1 amide bonds. The fraction of sp³-hybridized carbons (Fsp3) is 0.235. The van der Waals surface area contributed by atoms with Gasteiger partial charge in [0.05, 0.1) is 35.6 Å². The van der Waals surface area contributed by atoms with Gasteiger partial charge in [-0.05, 0) is 12.1 Å². The van der Waals surface area contributed by atoms with Gasteiger partial charge in [0.15, 0.2) is 0 Å². The number of hydrogen-bond acceptors (Lipinski definition) is 4. The van der Waals surface area contributed by atoms with E-state index in [2.05, 4.69) is 10.6 Å². The molecule has 0 aliphatic rings. The van der Waals surface area contributed by atoms with Gasteiger partial charge in [0.1, 0.15) is 11.5 Å². The Bertz CT molecular complexity index is 723. The highest BCUT2D eigenvalue weighted by Crippen LogP contribution is 2.35. The number of amides is 1. The molecule has 0 saturated heterocycles. The van der Waals surface area contributed by atoms with Gasteiger partial charge in [-0.3, -0.25) is 4.79 Å². The summed E-state index contributed by atoms with van der Waals surface area (Å²) < 4.78 is 10.4. The van der Waals surface area contributed by atoms with Gasteiger partial charge in [-0.15, -0.1) is 0 Å². The summed E-state index contributed by atoms with van der Waals surface area (Å²) >= 11 is 12.1. The maximum absolute atomic E-state index is 12.1. The second-order valence-electron chi connectivity index (χ2n) is 4.89. The van der Waals surface area contributed by atoms with E-state index in [-0.39, 0.29) is 12.3 Å². The van der Waals surface area contributed by atoms with Gasteiger partial charge in [-0.25, -0.2) is 0 Å². The van der Waals surface area contributed by atoms with Crippen molar-refractivity contribution < 1.29 is 14.3 Å². The first-order valence-corrected chi connectivity index (χ1v) is 8.00. The van der Waals surface area contributed by atoms with E-state index in [1.165, 1.54) is 14.2 Å². The largest absolute Gasteiger partial charge is 0.495 e. The lowest BCUT2D eigenvalue weighted by Crippen LogP contribution is -2.17. The standard InChI is InChI=1S/C17H18Cl2N2O3/c1-23-15-10-14(16(24-2)9-12(15)19)21-17(22)7-8-20-13-6-4-3-5-11(13)18/h3-6,9-10,20H,7-8H2,1-2H3,(H,21,22). The molecule has 0 saturated carbocycles. The first kappa shape index (κ1) is 18.2. The quantitative estimate of drug-likeness (QED) is 0.757. The van der Waals surface area contributed by atoms with Gasteiger partial charge < -0.3 is 20.1 Å². The molecule has 2 aromatic carbocycles. The van der Waals surface area contributed by atoms with E-state index in [1.54, 1.807) is 18.2 Å². The Morgan fingerprint density at radius 1 is 1.00 bits per heavy atom. The van der Waals surface area contributed by atoms with Crippen molar-refractivity contribution in [3.8, 4) is 11.5 Å². The lowest BCUT2D eigenvalue weighted by Gasteiger charge is -2.13. The van der Waals surface area contributed by atoms with Crippen LogP contribution in [0.1, 0.15) is 6.42 Å². The molecule has 128 valence electrons. The van der Waals surface area contributed by atoms with Crippen LogP contribution in [0.4, 0.5) is 11.4 Å². The van der Waals surface area contributed by atoms with Crippen molar-refractivity contribution in [1.29, 1.82) is 0 Å². The zero-order chi connectivity index (χ0) is 17.5. The molecule has 0 bridgehead atoms. The van der Waals surface area contributed by atoms with E-state index in [4.69, 9.17) is 32.7 Å². The first-order chi connectivity index (χ1) is 11.5. The van der Waals surface area contributed by atoms with Gasteiger partial charge in [0.25, 0.3) is 0 Å². The molecule has 0 heterocycles. The molecular weight excluding hydrogens is 351 g/mol. The van der Waals surface area contributed by atoms with Gasteiger partial charge in [-0.2, -0.15) is 0 Å². The lowest BCUT2D eigenvalue weighted by molar-refractivity contribution is -0.115. The minimum atomic E-state index is -0.169. The summed E-state index contributed by atoms with van der Waals surface area (Å²) in [7, 11) is 3.01. The summed E-state index contributed by atoms with van der Waals surface area (Å²) in [6.45, 7) is 0.447. The van der Waals surface area contributed by atoms with Crippen molar-refractivity contribution >= 4 is 40.5 Å². The zero-order valence-corrected chi connectivity index (χ0v) is 14.9. The molecule has 0 unspecified atom stereocenters. The first-order valence-electron chi connectivity index (χ1n) is 7.25. The van der Waals surface area contributed by atoms with Crippen LogP contribution >= 0.6 is 23.2 Å². The van der Waals surface area contributed by atoms with Crippen LogP contribution in [0.15, 0.2) is 36.4 Å². The third-order valence-corrected chi connectivity index (χ3v) is 3.91. The Balaban J connectivity index is 1.96. The Hall–Kier alpha value is -2.11. The van der Waals surface area contributed by atoms with Crippen LogP contribution in [0, 0.1) is 0 Å². The normalized spacial score (nSPS) is 10.2. The number of nitrogens with one attached hydrogen (secondary N) is 2. The van der Waals surface area contributed by atoms with E-state index in [1.807, 2.05) is 18.2 Å². The summed E-state index contributed by atoms with van der Waals surface area (Å²) in [5, 5.41) is 6.93. The minimum Gasteiger partial charge on any atom is -0.495 e. The van der Waals surface area contributed by atoms with Crippen molar-refractivity contribution in [3.05, 3.63) is 46.4 Å². The molecule has 2 rings (SSSR count). The third-order valence-electron chi connectivity index (χ3n) is 3.29. The molecule has 0 aliphatic carbocycles. The molecule has 2 aromatic rings. The molecule has 2 N–H and O–H groups in total. The molecule has 0 spiro atoms. The average molecular weight is 369 g/mol. The highest BCUT2D eigenvalue weighted by atomic mass is 35.5. The number of para-hydroxylation sites is 1. The molecule has 0 fully saturated rings. The van der Waals surface area contributed by atoms with E-state index in [0.717, 1.165) is 5.69 Å². The van der Waals surface area contributed by atoms with Gasteiger partial charge in [-0.1, -0.05) is 35.3 Å².